The summed E-state index contributed by atoms with van der Waals surface area (Å²) in [5.74, 6) is 0.976. The lowest BCUT2D eigenvalue weighted by molar-refractivity contribution is -0.113. The molecule has 1 aromatic heterocycles. The Hall–Kier alpha value is -4.14. The van der Waals surface area contributed by atoms with Crippen LogP contribution in [0.3, 0.4) is 0 Å². The van der Waals surface area contributed by atoms with Crippen molar-refractivity contribution in [1.29, 1.82) is 0 Å². The van der Waals surface area contributed by atoms with Crippen LogP contribution in [-0.2, 0) is 4.79 Å². The summed E-state index contributed by atoms with van der Waals surface area (Å²) < 4.78 is 13.2. The van der Waals surface area contributed by atoms with Crippen LogP contribution in [0.5, 0.6) is 11.5 Å². The zero-order valence-electron chi connectivity index (χ0n) is 22.3. The molecule has 4 aromatic rings. The highest BCUT2D eigenvalue weighted by atomic mass is 35.5. The van der Waals surface area contributed by atoms with E-state index in [1.807, 2.05) is 74.5 Å². The van der Waals surface area contributed by atoms with Crippen molar-refractivity contribution in [2.45, 2.75) is 26.8 Å². The number of nitrogens with zero attached hydrogens (tertiary/aromatic N) is 2. The maximum absolute atomic E-state index is 13.9. The number of nitrogens with one attached hydrogen (secondary N) is 1. The van der Waals surface area contributed by atoms with Crippen LogP contribution in [0.2, 0.25) is 5.02 Å². The highest BCUT2D eigenvalue weighted by Crippen LogP contribution is 2.32. The average molecular weight is 574 g/mol. The maximum atomic E-state index is 13.9. The van der Waals surface area contributed by atoms with E-state index in [4.69, 9.17) is 26.1 Å². The molecule has 0 saturated heterocycles. The Balaban J connectivity index is 1.63. The lowest BCUT2D eigenvalue weighted by atomic mass is 9.95. The third kappa shape index (κ3) is 5.59. The van der Waals surface area contributed by atoms with E-state index in [2.05, 4.69) is 5.32 Å². The fraction of sp³-hybridized carbons (Fsp3) is 0.194. The molecule has 5 rings (SSSR count). The molecule has 0 spiro atoms. The van der Waals surface area contributed by atoms with Gasteiger partial charge in [-0.15, -0.1) is 0 Å². The highest BCUT2D eigenvalue weighted by Gasteiger charge is 2.32. The van der Waals surface area contributed by atoms with Crippen LogP contribution < -0.4 is 29.7 Å². The van der Waals surface area contributed by atoms with E-state index in [9.17, 15) is 9.59 Å². The van der Waals surface area contributed by atoms with E-state index in [0.717, 1.165) is 11.1 Å². The van der Waals surface area contributed by atoms with Gasteiger partial charge in [0.1, 0.15) is 11.5 Å². The number of anilines is 1. The number of halogens is 1. The van der Waals surface area contributed by atoms with E-state index >= 15 is 0 Å². The number of hydrogen-bond acceptors (Lipinski definition) is 6. The van der Waals surface area contributed by atoms with Gasteiger partial charge in [-0.1, -0.05) is 59.3 Å². The van der Waals surface area contributed by atoms with E-state index in [1.54, 1.807) is 29.7 Å². The largest absolute Gasteiger partial charge is 0.494 e. The molecule has 9 heteroatoms. The van der Waals surface area contributed by atoms with Gasteiger partial charge < -0.3 is 14.8 Å². The zero-order chi connectivity index (χ0) is 28.2. The minimum absolute atomic E-state index is 0.245. The summed E-state index contributed by atoms with van der Waals surface area (Å²) in [5.41, 5.74) is 2.88. The van der Waals surface area contributed by atoms with Gasteiger partial charge in [0, 0.05) is 5.69 Å². The van der Waals surface area contributed by atoms with Gasteiger partial charge in [-0.05, 0) is 74.4 Å². The van der Waals surface area contributed by atoms with Crippen molar-refractivity contribution in [2.24, 2.45) is 4.99 Å². The Bertz CT molecular complexity index is 1760. The van der Waals surface area contributed by atoms with Crippen LogP contribution >= 0.6 is 22.9 Å². The number of benzene rings is 3. The number of carbonyl (C=O) groups is 1. The predicted molar refractivity (Wildman–Crippen MR) is 159 cm³/mol. The summed E-state index contributed by atoms with van der Waals surface area (Å²) in [7, 11) is 0. The molecule has 1 aliphatic rings. The van der Waals surface area contributed by atoms with Crippen LogP contribution in [0.4, 0.5) is 5.69 Å². The maximum Gasteiger partial charge on any atom is 0.271 e. The first kappa shape index (κ1) is 27.4. The smallest absolute Gasteiger partial charge is 0.271 e. The summed E-state index contributed by atoms with van der Waals surface area (Å²) in [4.78, 5) is 32.8. The van der Waals surface area contributed by atoms with E-state index in [-0.39, 0.29) is 11.5 Å². The molecule has 1 N–H and O–H groups in total. The second-order valence-corrected chi connectivity index (χ2v) is 10.4. The lowest BCUT2D eigenvalue weighted by Gasteiger charge is -2.25. The Morgan fingerprint density at radius 3 is 2.45 bits per heavy atom. The molecule has 0 fully saturated rings. The predicted octanol–water partition coefficient (Wildman–Crippen LogP) is 5.32. The van der Waals surface area contributed by atoms with Gasteiger partial charge in [0.25, 0.3) is 11.5 Å². The first-order chi connectivity index (χ1) is 19.4. The highest BCUT2D eigenvalue weighted by molar-refractivity contribution is 7.07. The number of hydrogen-bond donors (Lipinski definition) is 1. The first-order valence-corrected chi connectivity index (χ1v) is 14.1. The van der Waals surface area contributed by atoms with Crippen molar-refractivity contribution >= 4 is 40.6 Å². The SMILES string of the molecule is CCOc1ccc([C@@H]2C(C(=O)Nc3ccccc3)=C(C)N=c3s/c(=C\c4ccc(OCC)c(Cl)c4)c(=O)n32)cc1. The second kappa shape index (κ2) is 11.9. The molecule has 3 aromatic carbocycles. The number of rotatable bonds is 8. The number of ether oxygens (including phenoxy) is 2. The average Bonchev–Trinajstić information content (AvgIpc) is 3.24. The fourth-order valence-electron chi connectivity index (χ4n) is 4.59. The van der Waals surface area contributed by atoms with Crippen LogP contribution in [0, 0.1) is 0 Å². The third-order valence-electron chi connectivity index (χ3n) is 6.36. The number of fused-ring (bicyclic) bond motifs is 1. The first-order valence-electron chi connectivity index (χ1n) is 12.9. The molecule has 1 aliphatic heterocycles. The quantitative estimate of drug-likeness (QED) is 0.309. The van der Waals surface area contributed by atoms with Crippen LogP contribution in [-0.4, -0.2) is 23.7 Å². The standard InChI is InChI=1S/C31H28ClN3O4S/c1-4-38-23-14-12-21(13-15-23)28-27(29(36)34-22-9-7-6-8-10-22)19(3)33-31-35(28)30(37)26(40-31)18-20-11-16-25(39-5-2)24(32)17-20/h6-18,28H,4-5H2,1-3H3,(H,34,36)/b26-18-/t28-/m1/s1. The molecule has 7 nitrogen and oxygen atoms in total. The van der Waals surface area contributed by atoms with E-state index in [0.29, 0.717) is 56.0 Å². The Morgan fingerprint density at radius 2 is 1.77 bits per heavy atom. The molecule has 204 valence electrons. The summed E-state index contributed by atoms with van der Waals surface area (Å²) in [5, 5.41) is 3.43. The lowest BCUT2D eigenvalue weighted by Crippen LogP contribution is -2.40. The number of aromatic nitrogens is 1. The van der Waals surface area contributed by atoms with E-state index in [1.165, 1.54) is 11.3 Å². The van der Waals surface area contributed by atoms with Gasteiger partial charge in [-0.25, -0.2) is 4.99 Å². The number of thiazole rings is 1. The van der Waals surface area contributed by atoms with Gasteiger partial charge in [-0.2, -0.15) is 0 Å². The monoisotopic (exact) mass is 573 g/mol. The van der Waals surface area contributed by atoms with Crippen molar-refractivity contribution in [3.63, 3.8) is 0 Å². The summed E-state index contributed by atoms with van der Waals surface area (Å²) >= 11 is 7.66. The van der Waals surface area contributed by atoms with Gasteiger partial charge in [-0.3, -0.25) is 14.2 Å². The Labute approximate surface area is 240 Å². The number of para-hydroxylation sites is 1. The number of allylic oxidation sites excluding steroid dienone is 1. The van der Waals surface area contributed by atoms with Gasteiger partial charge in [0.2, 0.25) is 0 Å². The molecular weight excluding hydrogens is 546 g/mol. The Morgan fingerprint density at radius 1 is 1.05 bits per heavy atom. The van der Waals surface area contributed by atoms with E-state index < -0.39 is 6.04 Å². The Kier molecular flexibility index (Phi) is 8.19. The van der Waals surface area contributed by atoms with Crippen molar-refractivity contribution in [3.8, 4) is 11.5 Å². The molecule has 40 heavy (non-hydrogen) atoms. The molecule has 0 radical (unpaired) electrons. The summed E-state index contributed by atoms with van der Waals surface area (Å²) in [6.07, 6.45) is 1.78. The van der Waals surface area contributed by atoms with Crippen molar-refractivity contribution in [3.05, 3.63) is 120 Å². The minimum atomic E-state index is -0.679. The summed E-state index contributed by atoms with van der Waals surface area (Å²) in [6, 6.07) is 21.4. The molecule has 2 heterocycles. The normalized spacial score (nSPS) is 14.9. The molecule has 0 saturated carbocycles. The van der Waals surface area contributed by atoms with Gasteiger partial charge in [0.15, 0.2) is 4.80 Å². The molecule has 1 amide bonds. The van der Waals surface area contributed by atoms with Gasteiger partial charge >= 0.3 is 0 Å². The number of amides is 1. The van der Waals surface area contributed by atoms with Crippen LogP contribution in [0.25, 0.3) is 6.08 Å². The molecule has 1 atom stereocenters. The summed E-state index contributed by atoms with van der Waals surface area (Å²) in [6.45, 7) is 6.64. The molecular formula is C31H28ClN3O4S. The van der Waals surface area contributed by atoms with Crippen molar-refractivity contribution in [2.75, 3.05) is 18.5 Å². The van der Waals surface area contributed by atoms with Crippen molar-refractivity contribution < 1.29 is 14.3 Å². The fourth-order valence-corrected chi connectivity index (χ4v) is 5.88. The van der Waals surface area contributed by atoms with Gasteiger partial charge in [0.05, 0.1) is 40.1 Å². The molecule has 0 unspecified atom stereocenters. The number of carbonyl (C=O) groups excluding carboxylic acids is 1. The zero-order valence-corrected chi connectivity index (χ0v) is 23.9. The van der Waals surface area contributed by atoms with Crippen molar-refractivity contribution in [1.82, 2.24) is 4.57 Å². The van der Waals surface area contributed by atoms with Crippen LogP contribution in [0.15, 0.2) is 93.9 Å². The second-order valence-electron chi connectivity index (χ2n) is 9.03. The molecule has 0 aliphatic carbocycles. The molecule has 0 bridgehead atoms. The third-order valence-corrected chi connectivity index (χ3v) is 7.64. The topological polar surface area (TPSA) is 81.9 Å². The van der Waals surface area contributed by atoms with Crippen LogP contribution in [0.1, 0.15) is 37.9 Å². The minimum Gasteiger partial charge on any atom is -0.494 e.